The van der Waals surface area contributed by atoms with E-state index in [0.29, 0.717) is 18.1 Å². The number of benzene rings is 1. The van der Waals surface area contributed by atoms with Gasteiger partial charge in [-0.15, -0.1) is 11.3 Å². The first-order valence-electron chi connectivity index (χ1n) is 6.07. The summed E-state index contributed by atoms with van der Waals surface area (Å²) in [7, 11) is -4.49. The normalized spacial score (nSPS) is 16.7. The van der Waals surface area contributed by atoms with Gasteiger partial charge in [-0.05, 0) is 18.2 Å². The summed E-state index contributed by atoms with van der Waals surface area (Å²) in [4.78, 5) is -0.319. The van der Waals surface area contributed by atoms with Gasteiger partial charge in [0.2, 0.25) is 0 Å². The van der Waals surface area contributed by atoms with Crippen molar-refractivity contribution in [3.05, 3.63) is 35.0 Å². The van der Waals surface area contributed by atoms with Gasteiger partial charge < -0.3 is 18.8 Å². The van der Waals surface area contributed by atoms with Crippen molar-refractivity contribution in [1.29, 1.82) is 0 Å². The fourth-order valence-corrected chi connectivity index (χ4v) is 3.03. The van der Waals surface area contributed by atoms with Crippen molar-refractivity contribution >= 4 is 21.5 Å². The smallest absolute Gasteiger partial charge is 0.744 e. The summed E-state index contributed by atoms with van der Waals surface area (Å²) in [6.07, 6.45) is -0.292. The first kappa shape index (κ1) is 18.2. The number of ether oxygens (including phenoxy) is 3. The topological polar surface area (TPSA) is 84.9 Å². The molecule has 1 unspecified atom stereocenters. The van der Waals surface area contributed by atoms with Crippen LogP contribution >= 0.6 is 11.3 Å². The van der Waals surface area contributed by atoms with Gasteiger partial charge in [-0.25, -0.2) is 8.42 Å². The number of fused-ring (bicyclic) bond motifs is 1. The van der Waals surface area contributed by atoms with Crippen LogP contribution in [0.5, 0.6) is 17.2 Å². The Morgan fingerprint density at radius 3 is 2.86 bits per heavy atom. The van der Waals surface area contributed by atoms with Gasteiger partial charge in [0, 0.05) is 10.8 Å². The molecule has 9 heteroatoms. The fourth-order valence-electron chi connectivity index (χ4n) is 1.85. The molecule has 1 aliphatic rings. The minimum Gasteiger partial charge on any atom is -0.744 e. The Balaban J connectivity index is 0.00000176. The third-order valence-corrected chi connectivity index (χ3v) is 4.37. The molecule has 2 heterocycles. The third kappa shape index (κ3) is 4.45. The van der Waals surface area contributed by atoms with Crippen LogP contribution in [0.15, 0.2) is 39.9 Å². The molecule has 0 radical (unpaired) electrons. The zero-order valence-corrected chi connectivity index (χ0v) is 16.5. The van der Waals surface area contributed by atoms with Gasteiger partial charge >= 0.3 is 51.4 Å². The van der Waals surface area contributed by atoms with Crippen molar-refractivity contribution in [2.45, 2.75) is 11.0 Å². The molecule has 6 nitrogen and oxygen atoms in total. The van der Waals surface area contributed by atoms with Crippen LogP contribution in [0.3, 0.4) is 0 Å². The van der Waals surface area contributed by atoms with E-state index in [-0.39, 0.29) is 69.0 Å². The zero-order chi connectivity index (χ0) is 14.9. The standard InChI is InChI=1S/C13H12O6S2.K/c14-21(15,16)11-3-1-2-9(4-11)17-5-10-6-18-12-7-20-8-13(12)19-10;/h1-4,7-8,10H,5-6H2,(H,14,15,16);/q;+1/p-1. The molecule has 0 saturated heterocycles. The van der Waals surface area contributed by atoms with Crippen molar-refractivity contribution in [3.63, 3.8) is 0 Å². The average molecular weight is 366 g/mol. The van der Waals surface area contributed by atoms with Gasteiger partial charge in [0.1, 0.15) is 29.1 Å². The van der Waals surface area contributed by atoms with Gasteiger partial charge in [-0.1, -0.05) is 6.07 Å². The van der Waals surface area contributed by atoms with Crippen molar-refractivity contribution in [2.24, 2.45) is 0 Å². The van der Waals surface area contributed by atoms with Gasteiger partial charge in [-0.2, -0.15) is 0 Å². The Bertz CT molecular complexity index is 742. The average Bonchev–Trinajstić information content (AvgIpc) is 2.92. The van der Waals surface area contributed by atoms with Gasteiger partial charge in [0.15, 0.2) is 17.6 Å². The van der Waals surface area contributed by atoms with Crippen molar-refractivity contribution in [2.75, 3.05) is 13.2 Å². The predicted octanol–water partition coefficient (Wildman–Crippen LogP) is -1.12. The molecule has 1 aromatic carbocycles. The van der Waals surface area contributed by atoms with Crippen molar-refractivity contribution in [1.82, 2.24) is 0 Å². The number of hydrogen-bond acceptors (Lipinski definition) is 7. The van der Waals surface area contributed by atoms with E-state index in [9.17, 15) is 13.0 Å². The monoisotopic (exact) mass is 366 g/mol. The van der Waals surface area contributed by atoms with E-state index in [1.165, 1.54) is 29.5 Å². The number of hydrogen-bond donors (Lipinski definition) is 0. The molecule has 2 aromatic rings. The summed E-state index contributed by atoms with van der Waals surface area (Å²) in [6.45, 7) is 0.543. The van der Waals surface area contributed by atoms with E-state index in [2.05, 4.69) is 0 Å². The summed E-state index contributed by atoms with van der Waals surface area (Å²) in [5.41, 5.74) is 0. The van der Waals surface area contributed by atoms with E-state index < -0.39 is 10.1 Å². The molecule has 0 fully saturated rings. The first-order valence-corrected chi connectivity index (χ1v) is 8.42. The van der Waals surface area contributed by atoms with Crippen LogP contribution in [0.2, 0.25) is 0 Å². The minimum atomic E-state index is -4.49. The Morgan fingerprint density at radius 2 is 2.09 bits per heavy atom. The molecule has 0 spiro atoms. The van der Waals surface area contributed by atoms with Crippen LogP contribution in [-0.4, -0.2) is 32.3 Å². The van der Waals surface area contributed by atoms with Crippen LogP contribution in [-0.2, 0) is 10.1 Å². The molecule has 22 heavy (non-hydrogen) atoms. The summed E-state index contributed by atoms with van der Waals surface area (Å²) >= 11 is 1.48. The van der Waals surface area contributed by atoms with Crippen LogP contribution in [0.4, 0.5) is 0 Å². The molecule has 3 rings (SSSR count). The second kappa shape index (κ2) is 7.62. The van der Waals surface area contributed by atoms with Gasteiger partial charge in [0.25, 0.3) is 0 Å². The molecule has 0 aliphatic carbocycles. The molecular weight excluding hydrogens is 355 g/mol. The molecular formula is C13H11KO6S2. The molecule has 1 aliphatic heterocycles. The predicted molar refractivity (Wildman–Crippen MR) is 74.1 cm³/mol. The SMILES string of the molecule is O=S(=O)([O-])c1cccc(OCC2COc3cscc3O2)c1.[K+]. The van der Waals surface area contributed by atoms with E-state index >= 15 is 0 Å². The van der Waals surface area contributed by atoms with Crippen LogP contribution in [0, 0.1) is 0 Å². The van der Waals surface area contributed by atoms with E-state index in [1.807, 2.05) is 10.8 Å². The number of rotatable bonds is 4. The Hall–Kier alpha value is -0.134. The maximum Gasteiger partial charge on any atom is 1.00 e. The maximum absolute atomic E-state index is 10.9. The van der Waals surface area contributed by atoms with Crippen LogP contribution in [0.25, 0.3) is 0 Å². The fraction of sp³-hybridized carbons (Fsp3) is 0.231. The second-order valence-electron chi connectivity index (χ2n) is 4.39. The van der Waals surface area contributed by atoms with E-state index in [4.69, 9.17) is 14.2 Å². The summed E-state index contributed by atoms with van der Waals surface area (Å²) < 4.78 is 49.5. The minimum absolute atomic E-state index is 0. The van der Waals surface area contributed by atoms with E-state index in [0.717, 1.165) is 5.75 Å². The van der Waals surface area contributed by atoms with Crippen molar-refractivity contribution in [3.8, 4) is 17.2 Å². The first-order chi connectivity index (χ1) is 10.0. The summed E-state index contributed by atoms with van der Waals surface area (Å²) in [6, 6.07) is 5.46. The van der Waals surface area contributed by atoms with Gasteiger partial charge in [0.05, 0.1) is 4.90 Å². The third-order valence-electron chi connectivity index (χ3n) is 2.84. The molecule has 1 aromatic heterocycles. The second-order valence-corrected chi connectivity index (χ2v) is 6.51. The van der Waals surface area contributed by atoms with Gasteiger partial charge in [-0.3, -0.25) is 0 Å². The number of thiophene rings is 1. The van der Waals surface area contributed by atoms with E-state index in [1.54, 1.807) is 6.07 Å². The zero-order valence-electron chi connectivity index (χ0n) is 11.7. The molecule has 0 bridgehead atoms. The Morgan fingerprint density at radius 1 is 1.32 bits per heavy atom. The quantitative estimate of drug-likeness (QED) is 0.503. The largest absolute Gasteiger partial charge is 1.00 e. The molecule has 1 atom stereocenters. The molecule has 0 N–H and O–H groups in total. The molecule has 112 valence electrons. The van der Waals surface area contributed by atoms with Crippen LogP contribution < -0.4 is 65.6 Å². The Labute approximate surface area is 174 Å². The summed E-state index contributed by atoms with van der Waals surface area (Å²) in [5, 5.41) is 3.70. The molecule has 0 saturated carbocycles. The van der Waals surface area contributed by atoms with Crippen LogP contribution in [0.1, 0.15) is 0 Å². The Kier molecular flexibility index (Phi) is 6.31. The maximum atomic E-state index is 10.9. The van der Waals surface area contributed by atoms with Crippen molar-refractivity contribution < 1.29 is 78.6 Å². The molecule has 0 amide bonds. The summed E-state index contributed by atoms with van der Waals surface area (Å²) in [5.74, 6) is 1.69.